The summed E-state index contributed by atoms with van der Waals surface area (Å²) < 4.78 is 5.80. The van der Waals surface area contributed by atoms with Crippen molar-refractivity contribution in [1.29, 1.82) is 0 Å². The highest BCUT2D eigenvalue weighted by molar-refractivity contribution is 5.94. The number of β-amino-alcohol motifs (C(OH)–C–C–N with tert-alkyl or cyclic N) is 1. The SMILES string of the molecule is C#CC#CC1C(c2ccc(NC(=O)[C@H](C)N)cc2)C(C)(C)OC(=O)N1C[C@H](O)c1ccccc1. The molecule has 0 aromatic heterocycles. The molecule has 1 aliphatic heterocycles. The second kappa shape index (κ2) is 10.4. The summed E-state index contributed by atoms with van der Waals surface area (Å²) in [5.74, 6) is 7.30. The summed E-state index contributed by atoms with van der Waals surface area (Å²) in [6, 6.07) is 15.0. The molecule has 1 aliphatic rings. The molecule has 4 N–H and O–H groups in total. The first kappa shape index (κ1) is 24.9. The number of aliphatic hydroxyl groups excluding tert-OH is 1. The highest BCUT2D eigenvalue weighted by Crippen LogP contribution is 2.41. The minimum atomic E-state index is -0.929. The van der Waals surface area contributed by atoms with Gasteiger partial charge in [-0.2, -0.15) is 0 Å². The lowest BCUT2D eigenvalue weighted by Crippen LogP contribution is -2.58. The molecule has 7 heteroatoms. The first-order valence-electron chi connectivity index (χ1n) is 11.0. The van der Waals surface area contributed by atoms with Gasteiger partial charge in [0.2, 0.25) is 5.91 Å². The molecule has 3 rings (SSSR count). The van der Waals surface area contributed by atoms with Gasteiger partial charge < -0.3 is 20.9 Å². The summed E-state index contributed by atoms with van der Waals surface area (Å²) in [5.41, 5.74) is 6.83. The molecular weight excluding hydrogens is 430 g/mol. The molecule has 2 amide bonds. The highest BCUT2D eigenvalue weighted by atomic mass is 16.6. The van der Waals surface area contributed by atoms with E-state index in [9.17, 15) is 14.7 Å². The van der Waals surface area contributed by atoms with E-state index in [1.807, 2.05) is 44.2 Å². The number of aliphatic hydroxyl groups is 1. The maximum absolute atomic E-state index is 13.0. The first-order chi connectivity index (χ1) is 16.1. The van der Waals surface area contributed by atoms with Gasteiger partial charge in [-0.05, 0) is 55.9 Å². The molecule has 7 nitrogen and oxygen atoms in total. The molecule has 176 valence electrons. The molecule has 0 spiro atoms. The Kier molecular flexibility index (Phi) is 7.63. The minimum absolute atomic E-state index is 0.0120. The number of rotatable bonds is 6. The normalized spacial score (nSPS) is 20.7. The van der Waals surface area contributed by atoms with Crippen molar-refractivity contribution in [2.75, 3.05) is 11.9 Å². The van der Waals surface area contributed by atoms with Crippen molar-refractivity contribution in [3.05, 3.63) is 65.7 Å². The predicted octanol–water partition coefficient (Wildman–Crippen LogP) is 3.03. The average molecular weight is 460 g/mol. The van der Waals surface area contributed by atoms with E-state index in [2.05, 4.69) is 23.1 Å². The van der Waals surface area contributed by atoms with Gasteiger partial charge in [0.15, 0.2) is 0 Å². The number of nitrogens with two attached hydrogens (primary N) is 1. The van der Waals surface area contributed by atoms with Gasteiger partial charge in [0.25, 0.3) is 0 Å². The number of ether oxygens (including phenoxy) is 1. The fraction of sp³-hybridized carbons (Fsp3) is 0.333. The lowest BCUT2D eigenvalue weighted by Gasteiger charge is -2.47. The third-order valence-electron chi connectivity index (χ3n) is 5.78. The van der Waals surface area contributed by atoms with Gasteiger partial charge in [-0.25, -0.2) is 4.79 Å². The smallest absolute Gasteiger partial charge is 0.411 e. The van der Waals surface area contributed by atoms with Gasteiger partial charge >= 0.3 is 6.09 Å². The maximum atomic E-state index is 13.0. The largest absolute Gasteiger partial charge is 0.443 e. The summed E-state index contributed by atoms with van der Waals surface area (Å²) in [7, 11) is 0. The summed E-state index contributed by atoms with van der Waals surface area (Å²) in [6.07, 6.45) is 3.90. The van der Waals surface area contributed by atoms with Crippen LogP contribution < -0.4 is 11.1 Å². The Morgan fingerprint density at radius 3 is 2.47 bits per heavy atom. The molecule has 2 aromatic carbocycles. The van der Waals surface area contributed by atoms with Gasteiger partial charge in [-0.15, -0.1) is 6.42 Å². The van der Waals surface area contributed by atoms with Crippen LogP contribution in [0.4, 0.5) is 10.5 Å². The van der Waals surface area contributed by atoms with E-state index in [1.54, 1.807) is 31.2 Å². The van der Waals surface area contributed by atoms with Crippen LogP contribution in [0.1, 0.15) is 43.9 Å². The van der Waals surface area contributed by atoms with E-state index in [-0.39, 0.29) is 18.4 Å². The van der Waals surface area contributed by atoms with E-state index in [4.69, 9.17) is 16.9 Å². The number of nitrogens with one attached hydrogen (secondary N) is 1. The topological polar surface area (TPSA) is 105 Å². The predicted molar refractivity (Wildman–Crippen MR) is 131 cm³/mol. The highest BCUT2D eigenvalue weighted by Gasteiger charge is 2.49. The first-order valence-corrected chi connectivity index (χ1v) is 11.0. The van der Waals surface area contributed by atoms with E-state index < -0.39 is 29.9 Å². The Morgan fingerprint density at radius 2 is 1.88 bits per heavy atom. The van der Waals surface area contributed by atoms with Crippen molar-refractivity contribution in [3.8, 4) is 24.2 Å². The number of carbonyl (C=O) groups is 2. The summed E-state index contributed by atoms with van der Waals surface area (Å²) in [4.78, 5) is 26.3. The van der Waals surface area contributed by atoms with Crippen LogP contribution in [0.15, 0.2) is 54.6 Å². The van der Waals surface area contributed by atoms with Crippen molar-refractivity contribution >= 4 is 17.7 Å². The number of carbonyl (C=O) groups excluding carboxylic acids is 2. The summed E-state index contributed by atoms with van der Waals surface area (Å²) in [6.45, 7) is 5.23. The third kappa shape index (κ3) is 5.58. The Hall–Kier alpha value is -3.78. The molecule has 1 saturated heterocycles. The summed E-state index contributed by atoms with van der Waals surface area (Å²) >= 11 is 0. The molecule has 0 radical (unpaired) electrons. The number of terminal acetylenes is 1. The maximum Gasteiger partial charge on any atom is 0.411 e. The minimum Gasteiger partial charge on any atom is -0.443 e. The molecule has 0 saturated carbocycles. The number of anilines is 1. The molecule has 0 aliphatic carbocycles. The van der Waals surface area contributed by atoms with Crippen LogP contribution in [0.2, 0.25) is 0 Å². The number of benzene rings is 2. The number of hydrogen-bond acceptors (Lipinski definition) is 5. The van der Waals surface area contributed by atoms with Crippen LogP contribution in [0.5, 0.6) is 0 Å². The van der Waals surface area contributed by atoms with Crippen molar-refractivity contribution in [2.45, 2.75) is 50.5 Å². The zero-order valence-corrected chi connectivity index (χ0v) is 19.5. The van der Waals surface area contributed by atoms with Crippen molar-refractivity contribution in [3.63, 3.8) is 0 Å². The van der Waals surface area contributed by atoms with E-state index in [0.29, 0.717) is 11.3 Å². The standard InChI is InChI=1S/C27H29N3O4/c1-5-6-12-22-24(20-13-15-21(16-14-20)29-25(32)18(2)28)27(3,4)34-26(33)30(22)17-23(31)19-10-8-7-9-11-19/h1,7-11,13-16,18,22-24,31H,17,28H2,2-4H3,(H,29,32)/t18-,22?,23-,24?/m0/s1. The second-order valence-electron chi connectivity index (χ2n) is 8.79. The van der Waals surface area contributed by atoms with Crippen LogP contribution >= 0.6 is 0 Å². The molecule has 0 bridgehead atoms. The molecule has 2 unspecified atom stereocenters. The fourth-order valence-electron chi connectivity index (χ4n) is 4.07. The van der Waals surface area contributed by atoms with E-state index in [0.717, 1.165) is 5.56 Å². The monoisotopic (exact) mass is 459 g/mol. The van der Waals surface area contributed by atoms with Crippen LogP contribution in [0.25, 0.3) is 0 Å². The number of amides is 2. The zero-order chi connectivity index (χ0) is 24.9. The lowest BCUT2D eigenvalue weighted by molar-refractivity contribution is -0.117. The molecule has 4 atom stereocenters. The molecule has 34 heavy (non-hydrogen) atoms. The van der Waals surface area contributed by atoms with Crippen molar-refractivity contribution < 1.29 is 19.4 Å². The van der Waals surface area contributed by atoms with E-state index >= 15 is 0 Å². The Labute approximate surface area is 200 Å². The molecule has 1 heterocycles. The van der Waals surface area contributed by atoms with Crippen LogP contribution in [-0.4, -0.2) is 46.2 Å². The van der Waals surface area contributed by atoms with E-state index in [1.165, 1.54) is 4.90 Å². The van der Waals surface area contributed by atoms with Gasteiger partial charge in [-0.3, -0.25) is 9.69 Å². The van der Waals surface area contributed by atoms with Gasteiger partial charge in [-0.1, -0.05) is 48.4 Å². The van der Waals surface area contributed by atoms with Gasteiger partial charge in [0.1, 0.15) is 11.6 Å². The third-order valence-corrected chi connectivity index (χ3v) is 5.78. The van der Waals surface area contributed by atoms with Crippen LogP contribution in [0.3, 0.4) is 0 Å². The zero-order valence-electron chi connectivity index (χ0n) is 19.5. The molecular formula is C27H29N3O4. The molecule has 1 fully saturated rings. The fourth-order valence-corrected chi connectivity index (χ4v) is 4.07. The Bertz CT molecular complexity index is 1120. The second-order valence-corrected chi connectivity index (χ2v) is 8.79. The van der Waals surface area contributed by atoms with Crippen molar-refractivity contribution in [2.24, 2.45) is 5.73 Å². The quantitative estimate of drug-likeness (QED) is 0.576. The van der Waals surface area contributed by atoms with Gasteiger partial charge in [0.05, 0.1) is 24.6 Å². The number of nitrogens with zero attached hydrogens (tertiary/aromatic N) is 1. The summed E-state index contributed by atoms with van der Waals surface area (Å²) in [5, 5.41) is 13.5. The van der Waals surface area contributed by atoms with Gasteiger partial charge in [0, 0.05) is 5.69 Å². The Balaban J connectivity index is 1.95. The average Bonchev–Trinajstić information content (AvgIpc) is 2.80. The van der Waals surface area contributed by atoms with Crippen LogP contribution in [0, 0.1) is 24.2 Å². The number of cyclic esters (lactones) is 1. The van der Waals surface area contributed by atoms with Crippen LogP contribution in [-0.2, 0) is 9.53 Å². The van der Waals surface area contributed by atoms with Crippen molar-refractivity contribution in [1.82, 2.24) is 4.90 Å². The Morgan fingerprint density at radius 1 is 1.24 bits per heavy atom. The number of hydrogen-bond donors (Lipinski definition) is 3. The molecule has 2 aromatic rings. The lowest BCUT2D eigenvalue weighted by atomic mass is 9.77.